The van der Waals surface area contributed by atoms with E-state index in [1.165, 1.54) is 11.3 Å². The Labute approximate surface area is 135 Å². The van der Waals surface area contributed by atoms with Gasteiger partial charge in [-0.05, 0) is 39.3 Å². The van der Waals surface area contributed by atoms with Crippen molar-refractivity contribution in [3.8, 4) is 11.1 Å². The highest BCUT2D eigenvalue weighted by Gasteiger charge is 2.27. The smallest absolute Gasteiger partial charge is 0.251 e. The fourth-order valence-corrected chi connectivity index (χ4v) is 5.16. The summed E-state index contributed by atoms with van der Waals surface area (Å²) in [5.41, 5.74) is 1.46. The SMILES string of the molecule is Cc1cc(-c2ccc(C=O)cc2)c(S(=O)(=O)NC(C)(C)C)s1. The van der Waals surface area contributed by atoms with Gasteiger partial charge in [0.15, 0.2) is 0 Å². The van der Waals surface area contributed by atoms with E-state index in [9.17, 15) is 13.2 Å². The van der Waals surface area contributed by atoms with Crippen LogP contribution in [0.1, 0.15) is 36.0 Å². The second kappa shape index (κ2) is 5.95. The molecule has 0 fully saturated rings. The molecule has 0 bridgehead atoms. The van der Waals surface area contributed by atoms with E-state index in [-0.39, 0.29) is 0 Å². The van der Waals surface area contributed by atoms with Crippen LogP contribution in [0.2, 0.25) is 0 Å². The number of aldehydes is 1. The summed E-state index contributed by atoms with van der Waals surface area (Å²) in [6.45, 7) is 7.31. The maximum Gasteiger partial charge on any atom is 0.251 e. The normalized spacial score (nSPS) is 12.4. The second-order valence-corrected chi connectivity index (χ2v) is 9.29. The molecule has 2 aromatic rings. The Kier molecular flexibility index (Phi) is 4.56. The Hall–Kier alpha value is -1.50. The summed E-state index contributed by atoms with van der Waals surface area (Å²) in [6, 6.07) is 8.76. The molecule has 0 spiro atoms. The summed E-state index contributed by atoms with van der Waals surface area (Å²) in [6.07, 6.45) is 0.765. The number of thiophene rings is 1. The second-order valence-electron chi connectivity index (χ2n) is 6.15. The summed E-state index contributed by atoms with van der Waals surface area (Å²) < 4.78 is 28.2. The molecule has 4 nitrogen and oxygen atoms in total. The lowest BCUT2D eigenvalue weighted by atomic mass is 10.1. The largest absolute Gasteiger partial charge is 0.298 e. The molecule has 0 atom stereocenters. The predicted octanol–water partition coefficient (Wildman–Crippen LogP) is 3.61. The molecular formula is C16H19NO3S2. The van der Waals surface area contributed by atoms with Gasteiger partial charge in [0, 0.05) is 21.5 Å². The summed E-state index contributed by atoms with van der Waals surface area (Å²) in [7, 11) is -3.59. The van der Waals surface area contributed by atoms with E-state index in [4.69, 9.17) is 0 Å². The maximum absolute atomic E-state index is 12.6. The van der Waals surface area contributed by atoms with Crippen molar-refractivity contribution in [1.82, 2.24) is 4.72 Å². The minimum absolute atomic E-state index is 0.304. The van der Waals surface area contributed by atoms with Gasteiger partial charge in [-0.15, -0.1) is 11.3 Å². The zero-order chi connectivity index (χ0) is 16.5. The molecule has 2 rings (SSSR count). The molecule has 1 aromatic carbocycles. The lowest BCUT2D eigenvalue weighted by Gasteiger charge is -2.20. The van der Waals surface area contributed by atoms with Gasteiger partial charge in [0.25, 0.3) is 10.0 Å². The van der Waals surface area contributed by atoms with Crippen molar-refractivity contribution >= 4 is 27.6 Å². The molecule has 1 N–H and O–H groups in total. The third-order valence-electron chi connectivity index (χ3n) is 2.86. The van der Waals surface area contributed by atoms with Gasteiger partial charge in [-0.1, -0.05) is 24.3 Å². The Balaban J connectivity index is 2.52. The van der Waals surface area contributed by atoms with Gasteiger partial charge in [0.05, 0.1) is 0 Å². The van der Waals surface area contributed by atoms with Crippen LogP contribution in [0.5, 0.6) is 0 Å². The zero-order valence-corrected chi connectivity index (χ0v) is 14.6. The number of sulfonamides is 1. The number of carbonyl (C=O) groups excluding carboxylic acids is 1. The van der Waals surface area contributed by atoms with E-state index in [2.05, 4.69) is 4.72 Å². The Morgan fingerprint density at radius 3 is 2.23 bits per heavy atom. The molecule has 0 saturated carbocycles. The first kappa shape index (κ1) is 16.9. The van der Waals surface area contributed by atoms with E-state index in [1.807, 2.05) is 33.8 Å². The van der Waals surface area contributed by atoms with Gasteiger partial charge >= 0.3 is 0 Å². The zero-order valence-electron chi connectivity index (χ0n) is 13.0. The van der Waals surface area contributed by atoms with E-state index in [1.54, 1.807) is 24.3 Å². The van der Waals surface area contributed by atoms with Gasteiger partial charge in [0.1, 0.15) is 10.5 Å². The fraction of sp³-hybridized carbons (Fsp3) is 0.312. The third-order valence-corrected chi connectivity index (χ3v) is 6.21. The molecule has 118 valence electrons. The van der Waals surface area contributed by atoms with E-state index in [0.29, 0.717) is 15.3 Å². The highest BCUT2D eigenvalue weighted by Crippen LogP contribution is 2.35. The molecule has 6 heteroatoms. The number of nitrogens with one attached hydrogen (secondary N) is 1. The number of carbonyl (C=O) groups is 1. The summed E-state index contributed by atoms with van der Waals surface area (Å²) in [5.74, 6) is 0. The number of rotatable bonds is 4. The van der Waals surface area contributed by atoms with Crippen molar-refractivity contribution in [2.45, 2.75) is 37.4 Å². The Bertz CT molecular complexity index is 782. The molecule has 0 aliphatic carbocycles. The molecular weight excluding hydrogens is 318 g/mol. The van der Waals surface area contributed by atoms with Crippen molar-refractivity contribution in [2.75, 3.05) is 0 Å². The van der Waals surface area contributed by atoms with Crippen molar-refractivity contribution < 1.29 is 13.2 Å². The minimum atomic E-state index is -3.59. The highest BCUT2D eigenvalue weighted by molar-refractivity contribution is 7.91. The van der Waals surface area contributed by atoms with E-state index in [0.717, 1.165) is 16.7 Å². The van der Waals surface area contributed by atoms with Crippen molar-refractivity contribution in [3.05, 3.63) is 40.8 Å². The lowest BCUT2D eigenvalue weighted by Crippen LogP contribution is -2.40. The quantitative estimate of drug-likeness (QED) is 0.867. The van der Waals surface area contributed by atoms with Crippen LogP contribution in [-0.2, 0) is 10.0 Å². The van der Waals surface area contributed by atoms with Crippen LogP contribution in [0.25, 0.3) is 11.1 Å². The summed E-state index contributed by atoms with van der Waals surface area (Å²) in [4.78, 5) is 11.7. The van der Waals surface area contributed by atoms with Crippen LogP contribution in [0.15, 0.2) is 34.5 Å². The van der Waals surface area contributed by atoms with Crippen molar-refractivity contribution in [1.29, 1.82) is 0 Å². The molecule has 0 aliphatic rings. The molecule has 1 aromatic heterocycles. The predicted molar refractivity (Wildman–Crippen MR) is 90.0 cm³/mol. The van der Waals surface area contributed by atoms with Crippen LogP contribution in [-0.4, -0.2) is 20.2 Å². The first-order valence-electron chi connectivity index (χ1n) is 6.82. The maximum atomic E-state index is 12.6. The molecule has 1 heterocycles. The molecule has 0 saturated heterocycles. The molecule has 0 amide bonds. The first-order valence-corrected chi connectivity index (χ1v) is 9.12. The fourth-order valence-electron chi connectivity index (χ4n) is 2.08. The van der Waals surface area contributed by atoms with Crippen LogP contribution in [0.4, 0.5) is 0 Å². The topological polar surface area (TPSA) is 63.2 Å². The van der Waals surface area contributed by atoms with Gasteiger partial charge < -0.3 is 0 Å². The van der Waals surface area contributed by atoms with Gasteiger partial charge in [0.2, 0.25) is 0 Å². The summed E-state index contributed by atoms with van der Waals surface area (Å²) >= 11 is 1.25. The standard InChI is InChI=1S/C16H19NO3S2/c1-11-9-14(13-7-5-12(10-18)6-8-13)15(21-11)22(19,20)17-16(2,3)4/h5-10,17H,1-4H3. The van der Waals surface area contributed by atoms with Crippen LogP contribution in [0, 0.1) is 6.92 Å². The van der Waals surface area contributed by atoms with Crippen molar-refractivity contribution in [2.24, 2.45) is 0 Å². The number of hydrogen-bond donors (Lipinski definition) is 1. The van der Waals surface area contributed by atoms with Crippen LogP contribution >= 0.6 is 11.3 Å². The minimum Gasteiger partial charge on any atom is -0.298 e. The lowest BCUT2D eigenvalue weighted by molar-refractivity contribution is 0.112. The van der Waals surface area contributed by atoms with E-state index < -0.39 is 15.6 Å². The van der Waals surface area contributed by atoms with Gasteiger partial charge in [-0.25, -0.2) is 13.1 Å². The number of hydrogen-bond acceptors (Lipinski definition) is 4. The van der Waals surface area contributed by atoms with Crippen LogP contribution in [0.3, 0.4) is 0 Å². The highest BCUT2D eigenvalue weighted by atomic mass is 32.2. The Morgan fingerprint density at radius 2 is 1.73 bits per heavy atom. The molecule has 0 aliphatic heterocycles. The van der Waals surface area contributed by atoms with Crippen LogP contribution < -0.4 is 4.72 Å². The van der Waals surface area contributed by atoms with Crippen molar-refractivity contribution in [3.63, 3.8) is 0 Å². The number of aryl methyl sites for hydroxylation is 1. The summed E-state index contributed by atoms with van der Waals surface area (Å²) in [5, 5.41) is 0. The Morgan fingerprint density at radius 1 is 1.14 bits per heavy atom. The van der Waals surface area contributed by atoms with Gasteiger partial charge in [-0.2, -0.15) is 0 Å². The van der Waals surface area contributed by atoms with Gasteiger partial charge in [-0.3, -0.25) is 4.79 Å². The first-order chi connectivity index (χ1) is 10.1. The number of benzene rings is 1. The molecule has 0 radical (unpaired) electrons. The average Bonchev–Trinajstić information content (AvgIpc) is 2.79. The average molecular weight is 337 g/mol. The van der Waals surface area contributed by atoms with E-state index >= 15 is 0 Å². The monoisotopic (exact) mass is 337 g/mol. The molecule has 0 unspecified atom stereocenters. The molecule has 22 heavy (non-hydrogen) atoms. The third kappa shape index (κ3) is 3.82.